The fourth-order valence-electron chi connectivity index (χ4n) is 2.33. The maximum Gasteiger partial charge on any atom is 0.228 e. The molecule has 0 radical (unpaired) electrons. The minimum Gasteiger partial charge on any atom is -0.497 e. The topological polar surface area (TPSA) is 58.6 Å². The summed E-state index contributed by atoms with van der Waals surface area (Å²) in [7, 11) is 1.61. The van der Waals surface area contributed by atoms with Crippen molar-refractivity contribution in [1.29, 1.82) is 0 Å². The second-order valence-corrected chi connectivity index (χ2v) is 4.95. The number of ether oxygens (including phenoxy) is 1. The smallest absolute Gasteiger partial charge is 0.228 e. The van der Waals surface area contributed by atoms with E-state index in [-0.39, 0.29) is 5.91 Å². The zero-order valence-electron chi connectivity index (χ0n) is 9.75. The summed E-state index contributed by atoms with van der Waals surface area (Å²) in [4.78, 5) is 11.4. The third-order valence-corrected chi connectivity index (χ3v) is 3.47. The third-order valence-electron chi connectivity index (χ3n) is 3.47. The molecule has 1 amide bonds. The van der Waals surface area contributed by atoms with Crippen molar-refractivity contribution >= 4 is 11.6 Å². The van der Waals surface area contributed by atoms with Crippen molar-refractivity contribution in [3.63, 3.8) is 0 Å². The maximum atomic E-state index is 11.4. The van der Waals surface area contributed by atoms with Gasteiger partial charge in [-0.05, 0) is 36.1 Å². The van der Waals surface area contributed by atoms with Crippen LogP contribution in [0, 0.1) is 0 Å². The highest BCUT2D eigenvalue weighted by atomic mass is 16.5. The Morgan fingerprint density at radius 2 is 2.24 bits per heavy atom. The molecule has 1 heterocycles. The minimum atomic E-state index is -0.562. The molecule has 1 aliphatic heterocycles. The van der Waals surface area contributed by atoms with Crippen molar-refractivity contribution in [2.45, 2.75) is 31.3 Å². The first kappa shape index (κ1) is 10.6. The number of amides is 1. The monoisotopic (exact) mass is 233 g/mol. The normalized spacial score (nSPS) is 19.8. The predicted molar refractivity (Wildman–Crippen MR) is 63.2 cm³/mol. The van der Waals surface area contributed by atoms with Crippen LogP contribution in [0.5, 0.6) is 5.75 Å². The largest absolute Gasteiger partial charge is 0.497 e. The quantitative estimate of drug-likeness (QED) is 0.826. The number of nitrogens with one attached hydrogen (secondary N) is 1. The van der Waals surface area contributed by atoms with Crippen LogP contribution in [0.3, 0.4) is 0 Å². The van der Waals surface area contributed by atoms with E-state index >= 15 is 0 Å². The Hall–Kier alpha value is -1.55. The van der Waals surface area contributed by atoms with Gasteiger partial charge in [0, 0.05) is 12.1 Å². The summed E-state index contributed by atoms with van der Waals surface area (Å²) in [5, 5.41) is 12.9. The molecule has 0 saturated heterocycles. The van der Waals surface area contributed by atoms with Crippen LogP contribution in [-0.2, 0) is 17.6 Å². The van der Waals surface area contributed by atoms with Crippen molar-refractivity contribution in [3.05, 3.63) is 23.3 Å². The van der Waals surface area contributed by atoms with Gasteiger partial charge in [0.2, 0.25) is 5.91 Å². The van der Waals surface area contributed by atoms with Gasteiger partial charge in [-0.3, -0.25) is 4.79 Å². The van der Waals surface area contributed by atoms with Crippen LogP contribution in [0.2, 0.25) is 0 Å². The van der Waals surface area contributed by atoms with Crippen LogP contribution in [0.15, 0.2) is 12.1 Å². The highest BCUT2D eigenvalue weighted by molar-refractivity contribution is 6.00. The number of anilines is 1. The number of benzene rings is 1. The molecule has 3 rings (SSSR count). The molecule has 0 bridgehead atoms. The lowest BCUT2D eigenvalue weighted by atomic mass is 10.0. The van der Waals surface area contributed by atoms with Crippen LogP contribution < -0.4 is 10.1 Å². The molecule has 1 fully saturated rings. The zero-order chi connectivity index (χ0) is 12.0. The molecule has 1 aliphatic carbocycles. The summed E-state index contributed by atoms with van der Waals surface area (Å²) in [6.45, 7) is 0. The van der Waals surface area contributed by atoms with Gasteiger partial charge in [0.15, 0.2) is 0 Å². The average molecular weight is 233 g/mol. The van der Waals surface area contributed by atoms with Gasteiger partial charge in [0.1, 0.15) is 5.75 Å². The summed E-state index contributed by atoms with van der Waals surface area (Å²) in [6, 6.07) is 3.79. The second kappa shape index (κ2) is 3.47. The third kappa shape index (κ3) is 1.89. The van der Waals surface area contributed by atoms with Gasteiger partial charge < -0.3 is 15.2 Å². The van der Waals surface area contributed by atoms with Crippen LogP contribution in [0.1, 0.15) is 24.0 Å². The molecule has 2 N–H and O–H groups in total. The Labute approximate surface area is 99.6 Å². The first-order chi connectivity index (χ1) is 8.09. The van der Waals surface area contributed by atoms with E-state index in [1.807, 2.05) is 12.1 Å². The van der Waals surface area contributed by atoms with Gasteiger partial charge in [0.05, 0.1) is 19.1 Å². The molecule has 4 heteroatoms. The van der Waals surface area contributed by atoms with Crippen molar-refractivity contribution in [2.24, 2.45) is 0 Å². The zero-order valence-corrected chi connectivity index (χ0v) is 9.75. The van der Waals surface area contributed by atoms with E-state index in [2.05, 4.69) is 5.32 Å². The van der Waals surface area contributed by atoms with Crippen LogP contribution in [0.25, 0.3) is 0 Å². The number of carbonyl (C=O) groups is 1. The Morgan fingerprint density at radius 3 is 2.88 bits per heavy atom. The molecule has 0 aromatic heterocycles. The van der Waals surface area contributed by atoms with Gasteiger partial charge >= 0.3 is 0 Å². The summed E-state index contributed by atoms with van der Waals surface area (Å²) in [5.74, 6) is 0.761. The van der Waals surface area contributed by atoms with Crippen LogP contribution >= 0.6 is 0 Å². The van der Waals surface area contributed by atoms with E-state index in [0.29, 0.717) is 12.8 Å². The molecule has 1 saturated carbocycles. The molecule has 1 aromatic carbocycles. The highest BCUT2D eigenvalue weighted by Gasteiger charge is 2.41. The lowest BCUT2D eigenvalue weighted by Crippen LogP contribution is -2.13. The first-order valence-electron chi connectivity index (χ1n) is 5.82. The highest BCUT2D eigenvalue weighted by Crippen LogP contribution is 2.42. The van der Waals surface area contributed by atoms with Crippen molar-refractivity contribution in [1.82, 2.24) is 0 Å². The molecular weight excluding hydrogens is 218 g/mol. The summed E-state index contributed by atoms with van der Waals surface area (Å²) >= 11 is 0. The molecular formula is C13H15NO3. The van der Waals surface area contributed by atoms with E-state index in [1.165, 1.54) is 0 Å². The summed E-state index contributed by atoms with van der Waals surface area (Å²) in [6.07, 6.45) is 2.67. The Bertz CT molecular complexity index is 492. The van der Waals surface area contributed by atoms with Crippen LogP contribution in [0.4, 0.5) is 5.69 Å². The lowest BCUT2D eigenvalue weighted by Gasteiger charge is -2.13. The van der Waals surface area contributed by atoms with Gasteiger partial charge in [-0.25, -0.2) is 0 Å². The van der Waals surface area contributed by atoms with Gasteiger partial charge in [0.25, 0.3) is 0 Å². The number of rotatable bonds is 3. The fraction of sp³-hybridized carbons (Fsp3) is 0.462. The van der Waals surface area contributed by atoms with Crippen molar-refractivity contribution < 1.29 is 14.6 Å². The van der Waals surface area contributed by atoms with E-state index in [0.717, 1.165) is 35.4 Å². The van der Waals surface area contributed by atoms with E-state index in [9.17, 15) is 9.90 Å². The maximum absolute atomic E-state index is 11.4. The van der Waals surface area contributed by atoms with Gasteiger partial charge in [-0.15, -0.1) is 0 Å². The second-order valence-electron chi connectivity index (χ2n) is 4.95. The minimum absolute atomic E-state index is 0.0114. The molecule has 1 aromatic rings. The van der Waals surface area contributed by atoms with Crippen LogP contribution in [-0.4, -0.2) is 23.7 Å². The summed E-state index contributed by atoms with van der Waals surface area (Å²) < 4.78 is 5.23. The molecule has 0 spiro atoms. The Balaban J connectivity index is 2.00. The molecule has 0 unspecified atom stereocenters. The van der Waals surface area contributed by atoms with Crippen molar-refractivity contribution in [2.75, 3.05) is 12.4 Å². The van der Waals surface area contributed by atoms with Crippen molar-refractivity contribution in [3.8, 4) is 5.75 Å². The molecule has 90 valence electrons. The molecule has 2 aliphatic rings. The average Bonchev–Trinajstić information content (AvgIpc) is 2.87. The first-order valence-corrected chi connectivity index (χ1v) is 5.82. The van der Waals surface area contributed by atoms with Gasteiger partial charge in [-0.2, -0.15) is 0 Å². The summed E-state index contributed by atoms with van der Waals surface area (Å²) in [5.41, 5.74) is 2.25. The molecule has 17 heavy (non-hydrogen) atoms. The standard InChI is InChI=1S/C13H15NO3/c1-17-10-4-8-6-11(15)14-12(8)9(5-10)7-13(16)2-3-13/h4-5,16H,2-3,6-7H2,1H3,(H,14,15). The number of hydrogen-bond donors (Lipinski definition) is 2. The SMILES string of the molecule is COc1cc2c(c(CC3(O)CC3)c1)NC(=O)C2. The molecule has 0 atom stereocenters. The lowest BCUT2D eigenvalue weighted by molar-refractivity contribution is -0.115. The number of carbonyl (C=O) groups excluding carboxylic acids is 1. The number of methoxy groups -OCH3 is 1. The number of fused-ring (bicyclic) bond motifs is 1. The number of hydrogen-bond acceptors (Lipinski definition) is 3. The fourth-order valence-corrected chi connectivity index (χ4v) is 2.33. The van der Waals surface area contributed by atoms with E-state index < -0.39 is 5.60 Å². The van der Waals surface area contributed by atoms with E-state index in [1.54, 1.807) is 7.11 Å². The predicted octanol–water partition coefficient (Wildman–Crippen LogP) is 1.26. The van der Waals surface area contributed by atoms with Gasteiger partial charge in [-0.1, -0.05) is 0 Å². The Kier molecular flexibility index (Phi) is 2.16. The molecule has 4 nitrogen and oxygen atoms in total. The van der Waals surface area contributed by atoms with E-state index in [4.69, 9.17) is 4.74 Å². The Morgan fingerprint density at radius 1 is 1.47 bits per heavy atom. The number of aliphatic hydroxyl groups is 1.